The molecule has 120 valence electrons. The zero-order valence-electron chi connectivity index (χ0n) is 12.6. The van der Waals surface area contributed by atoms with E-state index in [0.717, 1.165) is 31.7 Å². The van der Waals surface area contributed by atoms with E-state index in [1.165, 1.54) is 18.2 Å². The second kappa shape index (κ2) is 7.19. The van der Waals surface area contributed by atoms with E-state index in [1.807, 2.05) is 6.07 Å². The molecule has 0 aliphatic carbocycles. The molecule has 0 bridgehead atoms. The van der Waals surface area contributed by atoms with Gasteiger partial charge in [0.25, 0.3) is 5.91 Å². The maximum absolute atomic E-state index is 13.1. The molecule has 2 heterocycles. The molecule has 1 saturated heterocycles. The Balaban J connectivity index is 1.55. The van der Waals surface area contributed by atoms with Crippen LogP contribution < -0.4 is 10.6 Å². The maximum Gasteiger partial charge on any atom is 0.256 e. The van der Waals surface area contributed by atoms with Crippen LogP contribution in [-0.4, -0.2) is 30.1 Å². The Hall–Kier alpha value is -2.47. The summed E-state index contributed by atoms with van der Waals surface area (Å²) in [6, 6.07) is 9.07. The molecule has 0 spiro atoms. The fourth-order valence-corrected chi connectivity index (χ4v) is 2.43. The molecule has 1 unspecified atom stereocenters. The van der Waals surface area contributed by atoms with Gasteiger partial charge in [-0.3, -0.25) is 4.79 Å². The number of hydrogen-bond acceptors (Lipinski definition) is 4. The Bertz CT molecular complexity index is 670. The fourth-order valence-electron chi connectivity index (χ4n) is 2.43. The van der Waals surface area contributed by atoms with Crippen LogP contribution in [0.2, 0.25) is 0 Å². The third kappa shape index (κ3) is 4.26. The Morgan fingerprint density at radius 3 is 2.96 bits per heavy atom. The quantitative estimate of drug-likeness (QED) is 0.890. The summed E-state index contributed by atoms with van der Waals surface area (Å²) in [5.41, 5.74) is 1.12. The highest BCUT2D eigenvalue weighted by atomic mass is 19.1. The predicted molar refractivity (Wildman–Crippen MR) is 86.1 cm³/mol. The van der Waals surface area contributed by atoms with E-state index in [9.17, 15) is 9.18 Å². The van der Waals surface area contributed by atoms with Gasteiger partial charge >= 0.3 is 0 Å². The molecular formula is C17H18FN3O2. The molecule has 0 radical (unpaired) electrons. The van der Waals surface area contributed by atoms with Crippen LogP contribution in [0.3, 0.4) is 0 Å². The molecule has 1 amide bonds. The highest BCUT2D eigenvalue weighted by molar-refractivity contribution is 6.03. The largest absolute Gasteiger partial charge is 0.381 e. The molecule has 5 nitrogen and oxygen atoms in total. The van der Waals surface area contributed by atoms with Crippen LogP contribution in [0.5, 0.6) is 0 Å². The molecule has 0 saturated carbocycles. The van der Waals surface area contributed by atoms with Gasteiger partial charge in [-0.05, 0) is 43.2 Å². The van der Waals surface area contributed by atoms with E-state index in [0.29, 0.717) is 5.82 Å². The van der Waals surface area contributed by atoms with Gasteiger partial charge in [0.15, 0.2) is 0 Å². The molecule has 1 aromatic carbocycles. The number of nitrogens with zero attached hydrogens (tertiary/aromatic N) is 1. The Morgan fingerprint density at radius 2 is 2.26 bits per heavy atom. The van der Waals surface area contributed by atoms with Gasteiger partial charge in [-0.1, -0.05) is 6.07 Å². The molecule has 1 fully saturated rings. The van der Waals surface area contributed by atoms with E-state index in [4.69, 9.17) is 4.74 Å². The summed E-state index contributed by atoms with van der Waals surface area (Å²) in [7, 11) is 0. The fraction of sp³-hybridized carbons (Fsp3) is 0.294. The van der Waals surface area contributed by atoms with Crippen molar-refractivity contribution in [1.82, 2.24) is 4.98 Å². The van der Waals surface area contributed by atoms with Gasteiger partial charge in [-0.2, -0.15) is 0 Å². The Kier molecular flexibility index (Phi) is 4.83. The van der Waals surface area contributed by atoms with Crippen LogP contribution in [0.25, 0.3) is 0 Å². The smallest absolute Gasteiger partial charge is 0.256 e. The van der Waals surface area contributed by atoms with E-state index in [1.54, 1.807) is 18.3 Å². The number of pyridine rings is 1. The van der Waals surface area contributed by atoms with Crippen molar-refractivity contribution in [2.75, 3.05) is 23.8 Å². The monoisotopic (exact) mass is 315 g/mol. The van der Waals surface area contributed by atoms with Crippen molar-refractivity contribution >= 4 is 17.4 Å². The van der Waals surface area contributed by atoms with E-state index < -0.39 is 11.7 Å². The molecule has 1 aromatic heterocycles. The second-order valence-corrected chi connectivity index (χ2v) is 5.41. The third-order valence-corrected chi connectivity index (χ3v) is 3.65. The number of rotatable bonds is 5. The zero-order valence-corrected chi connectivity index (χ0v) is 12.6. The molecular weight excluding hydrogens is 297 g/mol. The first kappa shape index (κ1) is 15.4. The van der Waals surface area contributed by atoms with Crippen molar-refractivity contribution in [2.24, 2.45) is 0 Å². The number of carbonyl (C=O) groups excluding carboxylic acids is 1. The Morgan fingerprint density at radius 1 is 1.35 bits per heavy atom. The van der Waals surface area contributed by atoms with Crippen LogP contribution in [-0.2, 0) is 4.74 Å². The first-order chi connectivity index (χ1) is 11.2. The SMILES string of the molecule is O=C(Nc1ccc(NCC2CCCO2)cn1)c1cccc(F)c1. The molecule has 6 heteroatoms. The van der Waals surface area contributed by atoms with Crippen LogP contribution in [0.15, 0.2) is 42.6 Å². The highest BCUT2D eigenvalue weighted by Gasteiger charge is 2.14. The first-order valence-corrected chi connectivity index (χ1v) is 7.59. The first-order valence-electron chi connectivity index (χ1n) is 7.59. The standard InChI is InChI=1S/C17H18FN3O2/c18-13-4-1-3-12(9-13)17(22)21-16-7-6-14(10-20-16)19-11-15-5-2-8-23-15/h1,3-4,6-7,9-10,15,19H,2,5,8,11H2,(H,20,21,22). The van der Waals surface area contributed by atoms with E-state index in [-0.39, 0.29) is 11.7 Å². The summed E-state index contributed by atoms with van der Waals surface area (Å²) in [5, 5.41) is 5.90. The number of amides is 1. The minimum atomic E-state index is -0.445. The van der Waals surface area contributed by atoms with E-state index >= 15 is 0 Å². The summed E-state index contributed by atoms with van der Waals surface area (Å²) < 4.78 is 18.7. The predicted octanol–water partition coefficient (Wildman–Crippen LogP) is 3.06. The number of nitrogens with one attached hydrogen (secondary N) is 2. The molecule has 2 N–H and O–H groups in total. The van der Waals surface area contributed by atoms with Crippen LogP contribution in [0.4, 0.5) is 15.9 Å². The summed E-state index contributed by atoms with van der Waals surface area (Å²) in [4.78, 5) is 16.2. The number of hydrogen-bond donors (Lipinski definition) is 2. The number of aromatic nitrogens is 1. The number of benzene rings is 1. The van der Waals surface area contributed by atoms with Crippen molar-refractivity contribution in [3.05, 3.63) is 54.0 Å². The molecule has 3 rings (SSSR count). The van der Waals surface area contributed by atoms with Crippen molar-refractivity contribution in [3.63, 3.8) is 0 Å². The summed E-state index contributed by atoms with van der Waals surface area (Å²) >= 11 is 0. The van der Waals surface area contributed by atoms with Crippen LogP contribution in [0.1, 0.15) is 23.2 Å². The zero-order chi connectivity index (χ0) is 16.1. The van der Waals surface area contributed by atoms with Gasteiger partial charge in [0.2, 0.25) is 0 Å². The van der Waals surface area contributed by atoms with Gasteiger partial charge in [0.05, 0.1) is 18.0 Å². The molecule has 2 aromatic rings. The molecule has 1 atom stereocenters. The van der Waals surface area contributed by atoms with Gasteiger partial charge in [0.1, 0.15) is 11.6 Å². The molecule has 1 aliphatic rings. The topological polar surface area (TPSA) is 63.2 Å². The van der Waals surface area contributed by atoms with Crippen molar-refractivity contribution in [2.45, 2.75) is 18.9 Å². The van der Waals surface area contributed by atoms with Gasteiger partial charge < -0.3 is 15.4 Å². The lowest BCUT2D eigenvalue weighted by atomic mass is 10.2. The van der Waals surface area contributed by atoms with Crippen LogP contribution >= 0.6 is 0 Å². The van der Waals surface area contributed by atoms with Crippen molar-refractivity contribution in [1.29, 1.82) is 0 Å². The third-order valence-electron chi connectivity index (χ3n) is 3.65. The molecule has 1 aliphatic heterocycles. The highest BCUT2D eigenvalue weighted by Crippen LogP contribution is 2.15. The summed E-state index contributed by atoms with van der Waals surface area (Å²) in [6.07, 6.45) is 4.08. The van der Waals surface area contributed by atoms with Crippen molar-refractivity contribution < 1.29 is 13.9 Å². The minimum absolute atomic E-state index is 0.252. The average Bonchev–Trinajstić information content (AvgIpc) is 3.08. The second-order valence-electron chi connectivity index (χ2n) is 5.41. The Labute approximate surface area is 133 Å². The maximum atomic E-state index is 13.1. The minimum Gasteiger partial charge on any atom is -0.381 e. The lowest BCUT2D eigenvalue weighted by Crippen LogP contribution is -2.18. The van der Waals surface area contributed by atoms with Gasteiger partial charge in [0, 0.05) is 18.7 Å². The number of halogens is 1. The van der Waals surface area contributed by atoms with E-state index in [2.05, 4.69) is 15.6 Å². The van der Waals surface area contributed by atoms with Gasteiger partial charge in [-0.15, -0.1) is 0 Å². The number of anilines is 2. The summed E-state index contributed by atoms with van der Waals surface area (Å²) in [6.45, 7) is 1.58. The number of ether oxygens (including phenoxy) is 1. The van der Waals surface area contributed by atoms with Gasteiger partial charge in [-0.25, -0.2) is 9.37 Å². The molecule has 23 heavy (non-hydrogen) atoms. The normalized spacial score (nSPS) is 17.0. The van der Waals surface area contributed by atoms with Crippen LogP contribution in [0, 0.1) is 5.82 Å². The lowest BCUT2D eigenvalue weighted by Gasteiger charge is -2.12. The number of carbonyl (C=O) groups is 1. The average molecular weight is 315 g/mol. The lowest BCUT2D eigenvalue weighted by molar-refractivity contribution is 0.102. The summed E-state index contributed by atoms with van der Waals surface area (Å²) in [5.74, 6) is -0.418. The van der Waals surface area contributed by atoms with Crippen molar-refractivity contribution in [3.8, 4) is 0 Å².